The summed E-state index contributed by atoms with van der Waals surface area (Å²) >= 11 is 10.7. The number of carbonyl (C=O) groups is 1. The molecule has 1 aliphatic heterocycles. The topological polar surface area (TPSA) is 73.8 Å². The van der Waals surface area contributed by atoms with Crippen LogP contribution in [0.15, 0.2) is 90.6 Å². The number of hydrogen-bond acceptors (Lipinski definition) is 6. The molecule has 5 rings (SSSR count). The second-order valence-corrected chi connectivity index (χ2v) is 10.2. The molecule has 0 spiro atoms. The molecule has 0 saturated heterocycles. The van der Waals surface area contributed by atoms with Crippen LogP contribution in [0.1, 0.15) is 24.3 Å². The van der Waals surface area contributed by atoms with E-state index in [1.165, 1.54) is 23.0 Å². The number of nitrogens with zero attached hydrogens (tertiary/aromatic N) is 2. The van der Waals surface area contributed by atoms with Crippen molar-refractivity contribution < 1.29 is 13.9 Å². The number of carbonyl (C=O) groups excluding carboxylic acids is 1. The molecule has 9 heteroatoms. The van der Waals surface area contributed by atoms with Crippen molar-refractivity contribution in [2.75, 3.05) is 7.11 Å². The van der Waals surface area contributed by atoms with Gasteiger partial charge in [0.15, 0.2) is 4.80 Å². The van der Waals surface area contributed by atoms with Crippen LogP contribution in [0.4, 0.5) is 0 Å². The number of methoxy groups -OCH3 is 1. The fourth-order valence-electron chi connectivity index (χ4n) is 3.98. The molecule has 6 nitrogen and oxygen atoms in total. The summed E-state index contributed by atoms with van der Waals surface area (Å²) in [5.74, 6) is 0.699. The minimum atomic E-state index is -0.687. The minimum Gasteiger partial charge on any atom is -0.466 e. The van der Waals surface area contributed by atoms with Crippen molar-refractivity contribution in [3.63, 3.8) is 0 Å². The predicted octanol–water partition coefficient (Wildman–Crippen LogP) is 5.08. The summed E-state index contributed by atoms with van der Waals surface area (Å²) in [5, 5.41) is 0.556. The van der Waals surface area contributed by atoms with Gasteiger partial charge < -0.3 is 9.15 Å². The molecular formula is C26H18BrClN2O4S. The van der Waals surface area contributed by atoms with Crippen molar-refractivity contribution >= 4 is 50.9 Å². The molecule has 2 aromatic carbocycles. The van der Waals surface area contributed by atoms with E-state index in [1.807, 2.05) is 36.4 Å². The molecule has 2 aromatic heterocycles. The second-order valence-electron chi connectivity index (χ2n) is 7.83. The highest BCUT2D eigenvalue weighted by Gasteiger charge is 2.33. The molecule has 0 fully saturated rings. The van der Waals surface area contributed by atoms with Gasteiger partial charge in [0.25, 0.3) is 5.56 Å². The molecule has 0 saturated carbocycles. The lowest BCUT2D eigenvalue weighted by Crippen LogP contribution is -2.39. The summed E-state index contributed by atoms with van der Waals surface area (Å²) in [6, 6.07) is 17.8. The fraction of sp³-hybridized carbons (Fsp3) is 0.115. The van der Waals surface area contributed by atoms with Crippen LogP contribution in [-0.4, -0.2) is 17.6 Å². The van der Waals surface area contributed by atoms with Gasteiger partial charge in [-0.1, -0.05) is 63.1 Å². The minimum absolute atomic E-state index is 0.274. The summed E-state index contributed by atoms with van der Waals surface area (Å²) in [7, 11) is 1.31. The third kappa shape index (κ3) is 4.45. The molecule has 0 aliphatic carbocycles. The number of fused-ring (bicyclic) bond motifs is 1. The number of thiazole rings is 1. The van der Waals surface area contributed by atoms with E-state index in [2.05, 4.69) is 20.9 Å². The van der Waals surface area contributed by atoms with Crippen molar-refractivity contribution in [3.8, 4) is 11.3 Å². The number of halogens is 2. The van der Waals surface area contributed by atoms with Crippen LogP contribution < -0.4 is 14.9 Å². The maximum Gasteiger partial charge on any atom is 0.338 e. The van der Waals surface area contributed by atoms with Crippen LogP contribution in [0.2, 0.25) is 5.02 Å². The standard InChI is InChI=1S/C26H18BrClN2O4S/c1-14-22(25(32)33-2)23(16-5-9-18(28)10-6-16)30-24(31)21(35-26(30)29-14)13-19-11-12-20(34-19)15-3-7-17(27)8-4-15/h3-13,23H,1-2H3/b21-13-/t23-/m1/s1. The number of ether oxygens (including phenoxy) is 1. The van der Waals surface area contributed by atoms with Crippen molar-refractivity contribution in [2.24, 2.45) is 4.99 Å². The van der Waals surface area contributed by atoms with E-state index in [-0.39, 0.29) is 5.56 Å². The Morgan fingerprint density at radius 3 is 2.54 bits per heavy atom. The van der Waals surface area contributed by atoms with E-state index in [4.69, 9.17) is 20.8 Å². The number of benzene rings is 2. The predicted molar refractivity (Wildman–Crippen MR) is 139 cm³/mol. The Balaban J connectivity index is 1.64. The zero-order chi connectivity index (χ0) is 24.7. The molecular weight excluding hydrogens is 552 g/mol. The van der Waals surface area contributed by atoms with Crippen LogP contribution in [0.25, 0.3) is 17.4 Å². The van der Waals surface area contributed by atoms with Gasteiger partial charge in [0.2, 0.25) is 0 Å². The van der Waals surface area contributed by atoms with Crippen molar-refractivity contribution in [1.29, 1.82) is 0 Å². The van der Waals surface area contributed by atoms with Gasteiger partial charge in [0, 0.05) is 21.1 Å². The van der Waals surface area contributed by atoms with Gasteiger partial charge in [-0.25, -0.2) is 9.79 Å². The van der Waals surface area contributed by atoms with Gasteiger partial charge in [0.1, 0.15) is 11.5 Å². The molecule has 1 atom stereocenters. The summed E-state index contributed by atoms with van der Waals surface area (Å²) in [6.45, 7) is 1.74. The van der Waals surface area contributed by atoms with E-state index < -0.39 is 12.0 Å². The Morgan fingerprint density at radius 2 is 1.86 bits per heavy atom. The number of rotatable bonds is 4. The van der Waals surface area contributed by atoms with Crippen LogP contribution in [0, 0.1) is 0 Å². The number of aromatic nitrogens is 1. The van der Waals surface area contributed by atoms with E-state index in [0.717, 1.165) is 15.6 Å². The molecule has 0 radical (unpaired) electrons. The van der Waals surface area contributed by atoms with E-state index >= 15 is 0 Å². The zero-order valence-corrected chi connectivity index (χ0v) is 21.8. The Labute approximate surface area is 217 Å². The summed E-state index contributed by atoms with van der Waals surface area (Å²) in [6.07, 6.45) is 1.70. The lowest BCUT2D eigenvalue weighted by molar-refractivity contribution is -0.136. The van der Waals surface area contributed by atoms with Gasteiger partial charge in [-0.05, 0) is 48.9 Å². The number of hydrogen-bond donors (Lipinski definition) is 0. The van der Waals surface area contributed by atoms with Gasteiger partial charge in [0.05, 0.1) is 29.0 Å². The van der Waals surface area contributed by atoms with Crippen molar-refractivity contribution in [2.45, 2.75) is 13.0 Å². The zero-order valence-electron chi connectivity index (χ0n) is 18.6. The molecule has 35 heavy (non-hydrogen) atoms. The first-order chi connectivity index (χ1) is 16.9. The average molecular weight is 570 g/mol. The molecule has 3 heterocycles. The average Bonchev–Trinajstić information content (AvgIpc) is 3.43. The van der Waals surface area contributed by atoms with Crippen LogP contribution in [0.3, 0.4) is 0 Å². The normalized spacial score (nSPS) is 15.7. The Hall–Kier alpha value is -3.20. The van der Waals surface area contributed by atoms with E-state index in [9.17, 15) is 9.59 Å². The SMILES string of the molecule is COC(=O)C1=C(C)N=c2s/c(=C\c3ccc(-c4ccc(Br)cc4)o3)c(=O)n2[C@@H]1c1ccc(Cl)cc1. The second kappa shape index (κ2) is 9.45. The van der Waals surface area contributed by atoms with Crippen LogP contribution >= 0.6 is 38.9 Å². The van der Waals surface area contributed by atoms with Crippen molar-refractivity contribution in [1.82, 2.24) is 4.57 Å². The third-order valence-electron chi connectivity index (χ3n) is 5.64. The van der Waals surface area contributed by atoms with Gasteiger partial charge >= 0.3 is 5.97 Å². The number of esters is 1. The molecule has 176 valence electrons. The first-order valence-electron chi connectivity index (χ1n) is 10.6. The Morgan fingerprint density at radius 1 is 1.14 bits per heavy atom. The van der Waals surface area contributed by atoms with Gasteiger partial charge in [-0.3, -0.25) is 9.36 Å². The molecule has 1 aliphatic rings. The van der Waals surface area contributed by atoms with Gasteiger partial charge in [-0.2, -0.15) is 0 Å². The monoisotopic (exact) mass is 568 g/mol. The van der Waals surface area contributed by atoms with E-state index in [1.54, 1.807) is 37.3 Å². The number of allylic oxidation sites excluding steroid dienone is 1. The summed E-state index contributed by atoms with van der Waals surface area (Å²) < 4.78 is 14.0. The quantitative estimate of drug-likeness (QED) is 0.321. The first kappa shape index (κ1) is 23.5. The molecule has 0 bridgehead atoms. The molecule has 0 N–H and O–H groups in total. The Bertz CT molecular complexity index is 1650. The third-order valence-corrected chi connectivity index (χ3v) is 7.41. The van der Waals surface area contributed by atoms with Gasteiger partial charge in [-0.15, -0.1) is 0 Å². The summed E-state index contributed by atoms with van der Waals surface area (Å²) in [4.78, 5) is 31.3. The Kier molecular flexibility index (Phi) is 6.35. The first-order valence-corrected chi connectivity index (χ1v) is 12.6. The van der Waals surface area contributed by atoms with Crippen molar-refractivity contribution in [3.05, 3.63) is 112 Å². The number of furan rings is 1. The highest BCUT2D eigenvalue weighted by Crippen LogP contribution is 2.31. The highest BCUT2D eigenvalue weighted by molar-refractivity contribution is 9.10. The lowest BCUT2D eigenvalue weighted by Gasteiger charge is -2.24. The highest BCUT2D eigenvalue weighted by atomic mass is 79.9. The van der Waals surface area contributed by atoms with Crippen LogP contribution in [-0.2, 0) is 9.53 Å². The maximum absolute atomic E-state index is 13.6. The smallest absolute Gasteiger partial charge is 0.338 e. The molecule has 0 amide bonds. The van der Waals surface area contributed by atoms with Crippen LogP contribution in [0.5, 0.6) is 0 Å². The largest absolute Gasteiger partial charge is 0.466 e. The van der Waals surface area contributed by atoms with E-state index in [0.29, 0.717) is 37.1 Å². The fourth-order valence-corrected chi connectivity index (χ4v) is 5.40. The lowest BCUT2D eigenvalue weighted by atomic mass is 9.96. The molecule has 0 unspecified atom stereocenters. The summed E-state index contributed by atoms with van der Waals surface area (Å²) in [5.41, 5.74) is 2.19. The molecule has 4 aromatic rings. The maximum atomic E-state index is 13.6.